The number of nitrogens with one attached hydrogen (secondary N) is 1. The minimum absolute atomic E-state index is 0.0148. The van der Waals surface area contributed by atoms with E-state index in [4.69, 9.17) is 20.3 Å². The molecule has 0 aromatic heterocycles. The third kappa shape index (κ3) is 3.78. The predicted octanol–water partition coefficient (Wildman–Crippen LogP) is -1.73. The smallest absolute Gasteiger partial charge is 0.423 e. The van der Waals surface area contributed by atoms with E-state index in [0.29, 0.717) is 5.69 Å². The van der Waals surface area contributed by atoms with E-state index in [1.54, 1.807) is 0 Å². The SMILES string of the molecule is OCC(O)CNc1cc(F)cc(B(O)O)c1. The highest BCUT2D eigenvalue weighted by Gasteiger charge is 2.13. The largest absolute Gasteiger partial charge is 0.488 e. The van der Waals surface area contributed by atoms with Crippen LogP contribution in [0.25, 0.3) is 0 Å². The maximum absolute atomic E-state index is 13.0. The summed E-state index contributed by atoms with van der Waals surface area (Å²) in [5, 5.41) is 38.0. The van der Waals surface area contributed by atoms with Crippen molar-refractivity contribution in [2.24, 2.45) is 0 Å². The highest BCUT2D eigenvalue weighted by atomic mass is 19.1. The van der Waals surface area contributed by atoms with Gasteiger partial charge < -0.3 is 25.6 Å². The van der Waals surface area contributed by atoms with E-state index in [1.165, 1.54) is 6.07 Å². The molecule has 0 heterocycles. The molecule has 88 valence electrons. The molecule has 1 aromatic rings. The molecule has 1 atom stereocenters. The van der Waals surface area contributed by atoms with Crippen LogP contribution in [0.3, 0.4) is 0 Å². The summed E-state index contributed by atoms with van der Waals surface area (Å²) in [5.41, 5.74) is 0.316. The number of hydrogen-bond donors (Lipinski definition) is 5. The predicted molar refractivity (Wildman–Crippen MR) is 57.8 cm³/mol. The Labute approximate surface area is 92.3 Å². The topological polar surface area (TPSA) is 93.0 Å². The molecule has 7 heteroatoms. The van der Waals surface area contributed by atoms with Crippen molar-refractivity contribution >= 4 is 18.3 Å². The molecule has 0 aliphatic carbocycles. The van der Waals surface area contributed by atoms with E-state index in [2.05, 4.69) is 5.32 Å². The van der Waals surface area contributed by atoms with Crippen LogP contribution < -0.4 is 10.8 Å². The van der Waals surface area contributed by atoms with Crippen LogP contribution in [0.4, 0.5) is 10.1 Å². The van der Waals surface area contributed by atoms with Gasteiger partial charge in [0.25, 0.3) is 0 Å². The van der Waals surface area contributed by atoms with Crippen molar-refractivity contribution in [1.82, 2.24) is 0 Å². The Balaban J connectivity index is 2.72. The van der Waals surface area contributed by atoms with Gasteiger partial charge >= 0.3 is 7.12 Å². The van der Waals surface area contributed by atoms with Gasteiger partial charge in [-0.15, -0.1) is 0 Å². The van der Waals surface area contributed by atoms with E-state index in [9.17, 15) is 4.39 Å². The Morgan fingerprint density at radius 2 is 2.00 bits per heavy atom. The molecule has 0 saturated heterocycles. The lowest BCUT2D eigenvalue weighted by Gasteiger charge is -2.11. The van der Waals surface area contributed by atoms with Gasteiger partial charge in [0.1, 0.15) is 5.82 Å². The van der Waals surface area contributed by atoms with Crippen molar-refractivity contribution in [2.75, 3.05) is 18.5 Å². The second-order valence-corrected chi connectivity index (χ2v) is 3.36. The van der Waals surface area contributed by atoms with Crippen molar-refractivity contribution in [3.8, 4) is 0 Å². The molecule has 5 nitrogen and oxygen atoms in total. The number of aliphatic hydroxyl groups excluding tert-OH is 2. The summed E-state index contributed by atoms with van der Waals surface area (Å²) in [4.78, 5) is 0. The zero-order chi connectivity index (χ0) is 12.1. The van der Waals surface area contributed by atoms with E-state index < -0.39 is 25.6 Å². The summed E-state index contributed by atoms with van der Waals surface area (Å²) in [7, 11) is -1.75. The molecule has 0 aliphatic heterocycles. The second-order valence-electron chi connectivity index (χ2n) is 3.36. The average Bonchev–Trinajstić information content (AvgIpc) is 2.25. The molecule has 5 N–H and O–H groups in total. The van der Waals surface area contributed by atoms with Crippen LogP contribution >= 0.6 is 0 Å². The molecule has 0 fully saturated rings. The number of benzene rings is 1. The normalized spacial score (nSPS) is 12.3. The fraction of sp³-hybridized carbons (Fsp3) is 0.333. The number of anilines is 1. The van der Waals surface area contributed by atoms with E-state index in [0.717, 1.165) is 12.1 Å². The number of rotatable bonds is 5. The van der Waals surface area contributed by atoms with Crippen LogP contribution in [0, 0.1) is 5.82 Å². The van der Waals surface area contributed by atoms with Crippen LogP contribution in [0.1, 0.15) is 0 Å². The van der Waals surface area contributed by atoms with Crippen molar-refractivity contribution in [2.45, 2.75) is 6.10 Å². The Morgan fingerprint density at radius 3 is 2.56 bits per heavy atom. The maximum atomic E-state index is 13.0. The molecule has 0 bridgehead atoms. The summed E-state index contributed by atoms with van der Waals surface area (Å²) < 4.78 is 13.0. The lowest BCUT2D eigenvalue weighted by atomic mass is 9.80. The van der Waals surface area contributed by atoms with E-state index in [1.807, 2.05) is 0 Å². The van der Waals surface area contributed by atoms with Crippen LogP contribution in [-0.2, 0) is 0 Å². The average molecular weight is 229 g/mol. The van der Waals surface area contributed by atoms with Crippen LogP contribution in [0.5, 0.6) is 0 Å². The molecule has 0 amide bonds. The quantitative estimate of drug-likeness (QED) is 0.387. The molecular formula is C9H13BFNO4. The van der Waals surface area contributed by atoms with Crippen molar-refractivity contribution < 1.29 is 24.7 Å². The van der Waals surface area contributed by atoms with Gasteiger partial charge in [0, 0.05) is 12.2 Å². The maximum Gasteiger partial charge on any atom is 0.488 e. The van der Waals surface area contributed by atoms with E-state index >= 15 is 0 Å². The van der Waals surface area contributed by atoms with Crippen LogP contribution in [0.2, 0.25) is 0 Å². The molecule has 1 unspecified atom stereocenters. The number of hydrogen-bond acceptors (Lipinski definition) is 5. The Kier molecular flexibility index (Phi) is 4.69. The number of halogens is 1. The second kappa shape index (κ2) is 5.81. The minimum atomic E-state index is -1.75. The Morgan fingerprint density at radius 1 is 1.31 bits per heavy atom. The molecule has 16 heavy (non-hydrogen) atoms. The minimum Gasteiger partial charge on any atom is -0.423 e. The Bertz CT molecular complexity index is 350. The van der Waals surface area contributed by atoms with Gasteiger partial charge in [-0.05, 0) is 23.7 Å². The van der Waals surface area contributed by atoms with E-state index in [-0.39, 0.29) is 12.0 Å². The molecule has 0 spiro atoms. The molecule has 0 radical (unpaired) electrons. The lowest BCUT2D eigenvalue weighted by molar-refractivity contribution is 0.105. The zero-order valence-corrected chi connectivity index (χ0v) is 8.47. The molecular weight excluding hydrogens is 216 g/mol. The first-order valence-electron chi connectivity index (χ1n) is 4.72. The van der Waals surface area contributed by atoms with Gasteiger partial charge in [0.05, 0.1) is 12.7 Å². The molecule has 1 rings (SSSR count). The van der Waals surface area contributed by atoms with Gasteiger partial charge in [-0.2, -0.15) is 0 Å². The molecule has 1 aromatic carbocycles. The fourth-order valence-electron chi connectivity index (χ4n) is 1.16. The third-order valence-electron chi connectivity index (χ3n) is 1.97. The van der Waals surface area contributed by atoms with Gasteiger partial charge in [-0.1, -0.05) is 0 Å². The lowest BCUT2D eigenvalue weighted by Crippen LogP contribution is -2.31. The number of aliphatic hydroxyl groups is 2. The van der Waals surface area contributed by atoms with Crippen LogP contribution in [0.15, 0.2) is 18.2 Å². The first-order valence-corrected chi connectivity index (χ1v) is 4.72. The summed E-state index contributed by atoms with van der Waals surface area (Å²) in [6, 6.07) is 3.49. The fourth-order valence-corrected chi connectivity index (χ4v) is 1.16. The molecule has 0 saturated carbocycles. The van der Waals surface area contributed by atoms with Crippen molar-refractivity contribution in [3.05, 3.63) is 24.0 Å². The summed E-state index contributed by atoms with van der Waals surface area (Å²) in [6.45, 7) is -0.362. The summed E-state index contributed by atoms with van der Waals surface area (Å²) >= 11 is 0. The monoisotopic (exact) mass is 229 g/mol. The summed E-state index contributed by atoms with van der Waals surface area (Å²) in [5.74, 6) is -0.619. The van der Waals surface area contributed by atoms with Gasteiger partial charge in [0.2, 0.25) is 0 Å². The molecule has 0 aliphatic rings. The van der Waals surface area contributed by atoms with Gasteiger partial charge in [-0.3, -0.25) is 0 Å². The first-order chi connectivity index (χ1) is 7.52. The first kappa shape index (κ1) is 12.9. The van der Waals surface area contributed by atoms with Gasteiger partial charge in [-0.25, -0.2) is 4.39 Å². The standard InChI is InChI=1S/C9H13BFNO4/c11-7-1-6(10(15)16)2-8(3-7)12-4-9(14)5-13/h1-3,9,12-16H,4-5H2. The summed E-state index contributed by atoms with van der Waals surface area (Å²) in [6.07, 6.45) is -0.953. The Hall–Kier alpha value is -1.15. The highest BCUT2D eigenvalue weighted by Crippen LogP contribution is 2.08. The highest BCUT2D eigenvalue weighted by molar-refractivity contribution is 6.58. The van der Waals surface area contributed by atoms with Gasteiger partial charge in [0.15, 0.2) is 0 Å². The van der Waals surface area contributed by atoms with Crippen LogP contribution in [-0.4, -0.2) is 46.6 Å². The van der Waals surface area contributed by atoms with Crippen molar-refractivity contribution in [3.63, 3.8) is 0 Å². The zero-order valence-electron chi connectivity index (χ0n) is 8.47. The van der Waals surface area contributed by atoms with Crippen molar-refractivity contribution in [1.29, 1.82) is 0 Å². The third-order valence-corrected chi connectivity index (χ3v) is 1.97.